The van der Waals surface area contributed by atoms with Gasteiger partial charge >= 0.3 is 6.09 Å². The van der Waals surface area contributed by atoms with Gasteiger partial charge in [0.05, 0.1) is 11.6 Å². The van der Waals surface area contributed by atoms with Crippen LogP contribution in [0.25, 0.3) is 0 Å². The molecule has 1 aliphatic rings. The minimum absolute atomic E-state index is 0.271. The molecule has 0 aliphatic carbocycles. The summed E-state index contributed by atoms with van der Waals surface area (Å²) in [5, 5.41) is 8.99. The van der Waals surface area contributed by atoms with Crippen LogP contribution < -0.4 is 0 Å². The zero-order valence-corrected chi connectivity index (χ0v) is 12.8. The van der Waals surface area contributed by atoms with E-state index in [1.54, 1.807) is 11.0 Å². The SMILES string of the molecule is N#Cc1cccc(C2CCN(C(=O)OCc3ccccc3)C2)c1. The smallest absolute Gasteiger partial charge is 0.410 e. The molecule has 23 heavy (non-hydrogen) atoms. The highest BCUT2D eigenvalue weighted by Gasteiger charge is 2.28. The summed E-state index contributed by atoms with van der Waals surface area (Å²) in [6.45, 7) is 1.63. The largest absolute Gasteiger partial charge is 0.445 e. The van der Waals surface area contributed by atoms with E-state index in [0.29, 0.717) is 25.3 Å². The summed E-state index contributed by atoms with van der Waals surface area (Å²) in [7, 11) is 0. The zero-order valence-electron chi connectivity index (χ0n) is 12.8. The molecule has 4 heteroatoms. The van der Waals surface area contributed by atoms with Gasteiger partial charge in [-0.1, -0.05) is 42.5 Å². The number of ether oxygens (including phenoxy) is 1. The minimum atomic E-state index is -0.271. The summed E-state index contributed by atoms with van der Waals surface area (Å²) in [4.78, 5) is 13.9. The molecular formula is C19H18N2O2. The van der Waals surface area contributed by atoms with Gasteiger partial charge in [-0.15, -0.1) is 0 Å². The zero-order chi connectivity index (χ0) is 16.1. The number of carbonyl (C=O) groups is 1. The Kier molecular flexibility index (Phi) is 4.58. The quantitative estimate of drug-likeness (QED) is 0.869. The van der Waals surface area contributed by atoms with Crippen LogP contribution in [0.5, 0.6) is 0 Å². The summed E-state index contributed by atoms with van der Waals surface area (Å²) in [6, 6.07) is 19.4. The predicted octanol–water partition coefficient (Wildman–Crippen LogP) is 3.68. The molecule has 4 nitrogen and oxygen atoms in total. The number of nitriles is 1. The fraction of sp³-hybridized carbons (Fsp3) is 0.263. The first-order valence-electron chi connectivity index (χ1n) is 7.72. The first-order chi connectivity index (χ1) is 11.3. The van der Waals surface area contributed by atoms with Crippen LogP contribution in [0, 0.1) is 11.3 Å². The fourth-order valence-electron chi connectivity index (χ4n) is 2.87. The van der Waals surface area contributed by atoms with Crippen LogP contribution in [-0.2, 0) is 11.3 Å². The van der Waals surface area contributed by atoms with Gasteiger partial charge in [-0.2, -0.15) is 5.26 Å². The number of likely N-dealkylation sites (tertiary alicyclic amines) is 1. The van der Waals surface area contributed by atoms with Crippen LogP contribution in [0.1, 0.15) is 29.0 Å². The molecule has 1 aliphatic heterocycles. The van der Waals surface area contributed by atoms with Crippen LogP contribution >= 0.6 is 0 Å². The fourth-order valence-corrected chi connectivity index (χ4v) is 2.87. The lowest BCUT2D eigenvalue weighted by atomic mass is 9.97. The van der Waals surface area contributed by atoms with E-state index in [4.69, 9.17) is 10.00 Å². The minimum Gasteiger partial charge on any atom is -0.445 e. The standard InChI is InChI=1S/C19H18N2O2/c20-12-16-7-4-8-17(11-16)18-9-10-21(13-18)19(22)23-14-15-5-2-1-3-6-15/h1-8,11,18H,9-10,13-14H2. The van der Waals surface area contributed by atoms with Crippen molar-refractivity contribution in [1.29, 1.82) is 5.26 Å². The van der Waals surface area contributed by atoms with Crippen LogP contribution in [-0.4, -0.2) is 24.1 Å². The highest BCUT2D eigenvalue weighted by atomic mass is 16.6. The van der Waals surface area contributed by atoms with Gasteiger partial charge in [0, 0.05) is 19.0 Å². The van der Waals surface area contributed by atoms with Crippen molar-refractivity contribution in [1.82, 2.24) is 4.90 Å². The maximum atomic E-state index is 12.2. The molecule has 0 N–H and O–H groups in total. The van der Waals surface area contributed by atoms with Crippen LogP contribution in [0.4, 0.5) is 4.79 Å². The Balaban J connectivity index is 1.56. The van der Waals surface area contributed by atoms with Gasteiger partial charge in [0.15, 0.2) is 0 Å². The predicted molar refractivity (Wildman–Crippen MR) is 86.7 cm³/mol. The Morgan fingerprint density at radius 3 is 2.83 bits per heavy atom. The second-order valence-electron chi connectivity index (χ2n) is 5.71. The molecule has 1 saturated heterocycles. The molecule has 0 spiro atoms. The molecule has 2 aromatic carbocycles. The normalized spacial score (nSPS) is 16.8. The van der Waals surface area contributed by atoms with Crippen molar-refractivity contribution < 1.29 is 9.53 Å². The molecule has 1 fully saturated rings. The van der Waals surface area contributed by atoms with Crippen molar-refractivity contribution in [2.75, 3.05) is 13.1 Å². The number of carbonyl (C=O) groups excluding carboxylic acids is 1. The summed E-state index contributed by atoms with van der Waals surface area (Å²) in [5.41, 5.74) is 2.76. The number of rotatable bonds is 3. The molecule has 1 heterocycles. The molecule has 116 valence electrons. The number of benzene rings is 2. The van der Waals surface area contributed by atoms with Crippen molar-refractivity contribution in [2.45, 2.75) is 18.9 Å². The molecule has 0 bridgehead atoms. The Bertz CT molecular complexity index is 722. The topological polar surface area (TPSA) is 53.3 Å². The van der Waals surface area contributed by atoms with Gasteiger partial charge in [0.25, 0.3) is 0 Å². The number of amides is 1. The van der Waals surface area contributed by atoms with Gasteiger partial charge in [0.2, 0.25) is 0 Å². The molecule has 0 radical (unpaired) electrons. The third-order valence-corrected chi connectivity index (χ3v) is 4.14. The summed E-state index contributed by atoms with van der Waals surface area (Å²) in [5.74, 6) is 0.271. The summed E-state index contributed by atoms with van der Waals surface area (Å²) < 4.78 is 5.38. The van der Waals surface area contributed by atoms with E-state index in [1.165, 1.54) is 0 Å². The first kappa shape index (κ1) is 15.1. The van der Waals surface area contributed by atoms with Crippen molar-refractivity contribution in [2.24, 2.45) is 0 Å². The summed E-state index contributed by atoms with van der Waals surface area (Å²) in [6.07, 6.45) is 0.628. The van der Waals surface area contributed by atoms with Gasteiger partial charge in [-0.3, -0.25) is 0 Å². The van der Waals surface area contributed by atoms with E-state index < -0.39 is 0 Å². The van der Waals surface area contributed by atoms with Crippen molar-refractivity contribution in [3.05, 3.63) is 71.3 Å². The average molecular weight is 306 g/mol. The third-order valence-electron chi connectivity index (χ3n) is 4.14. The van der Waals surface area contributed by atoms with Crippen molar-refractivity contribution in [3.8, 4) is 6.07 Å². The molecule has 1 amide bonds. The Morgan fingerprint density at radius 2 is 2.04 bits per heavy atom. The maximum absolute atomic E-state index is 12.2. The lowest BCUT2D eigenvalue weighted by Crippen LogP contribution is -2.29. The molecule has 0 saturated carbocycles. The van der Waals surface area contributed by atoms with E-state index in [-0.39, 0.29) is 12.0 Å². The first-order valence-corrected chi connectivity index (χ1v) is 7.72. The number of hydrogen-bond acceptors (Lipinski definition) is 3. The molecular weight excluding hydrogens is 288 g/mol. The van der Waals surface area contributed by atoms with E-state index in [0.717, 1.165) is 17.5 Å². The maximum Gasteiger partial charge on any atom is 0.410 e. The van der Waals surface area contributed by atoms with Crippen LogP contribution in [0.3, 0.4) is 0 Å². The highest BCUT2D eigenvalue weighted by Crippen LogP contribution is 2.28. The lowest BCUT2D eigenvalue weighted by Gasteiger charge is -2.16. The number of hydrogen-bond donors (Lipinski definition) is 0. The number of nitrogens with zero attached hydrogens (tertiary/aromatic N) is 2. The van der Waals surface area contributed by atoms with E-state index in [9.17, 15) is 4.79 Å². The van der Waals surface area contributed by atoms with Gasteiger partial charge in [-0.25, -0.2) is 4.79 Å². The van der Waals surface area contributed by atoms with Crippen molar-refractivity contribution >= 4 is 6.09 Å². The third kappa shape index (κ3) is 3.70. The molecule has 1 unspecified atom stereocenters. The van der Waals surface area contributed by atoms with E-state index >= 15 is 0 Å². The highest BCUT2D eigenvalue weighted by molar-refractivity contribution is 5.68. The molecule has 3 rings (SSSR count). The van der Waals surface area contributed by atoms with Gasteiger partial charge in [-0.05, 0) is 29.7 Å². The Hall–Kier alpha value is -2.80. The molecule has 1 atom stereocenters. The van der Waals surface area contributed by atoms with E-state index in [1.807, 2.05) is 48.5 Å². The van der Waals surface area contributed by atoms with Gasteiger partial charge in [0.1, 0.15) is 6.61 Å². The molecule has 0 aromatic heterocycles. The average Bonchev–Trinajstić information content (AvgIpc) is 3.11. The van der Waals surface area contributed by atoms with E-state index in [2.05, 4.69) is 6.07 Å². The monoisotopic (exact) mass is 306 g/mol. The van der Waals surface area contributed by atoms with Crippen molar-refractivity contribution in [3.63, 3.8) is 0 Å². The van der Waals surface area contributed by atoms with Crippen LogP contribution in [0.2, 0.25) is 0 Å². The summed E-state index contributed by atoms with van der Waals surface area (Å²) >= 11 is 0. The van der Waals surface area contributed by atoms with Gasteiger partial charge < -0.3 is 9.64 Å². The second-order valence-corrected chi connectivity index (χ2v) is 5.71. The Labute approximate surface area is 135 Å². The lowest BCUT2D eigenvalue weighted by molar-refractivity contribution is 0.104. The second kappa shape index (κ2) is 6.97. The Morgan fingerprint density at radius 1 is 1.22 bits per heavy atom. The molecule has 2 aromatic rings. The van der Waals surface area contributed by atoms with Crippen LogP contribution in [0.15, 0.2) is 54.6 Å².